The van der Waals surface area contributed by atoms with Crippen molar-refractivity contribution in [3.8, 4) is 17.3 Å². The molecule has 1 aliphatic rings. The Morgan fingerprint density at radius 2 is 1.90 bits per heavy atom. The van der Waals surface area contributed by atoms with Crippen molar-refractivity contribution in [2.45, 2.75) is 31.7 Å². The second-order valence-electron chi connectivity index (χ2n) is 9.47. The van der Waals surface area contributed by atoms with Gasteiger partial charge >= 0.3 is 0 Å². The van der Waals surface area contributed by atoms with E-state index in [1.807, 2.05) is 0 Å². The number of aryl methyl sites for hydroxylation is 1. The summed E-state index contributed by atoms with van der Waals surface area (Å²) in [6.45, 7) is 2.13. The molecular formula is C27H25F3N6O3. The maximum atomic E-state index is 14.2. The third-order valence-electron chi connectivity index (χ3n) is 6.88. The molecule has 0 saturated carbocycles. The zero-order valence-electron chi connectivity index (χ0n) is 21.2. The Morgan fingerprint density at radius 1 is 1.15 bits per heavy atom. The minimum Gasteiger partial charge on any atom is -0.493 e. The molecule has 0 radical (unpaired) electrons. The molecule has 1 saturated heterocycles. The monoisotopic (exact) mass is 538 g/mol. The van der Waals surface area contributed by atoms with E-state index < -0.39 is 46.4 Å². The Bertz CT molecular complexity index is 1600. The molecule has 4 aromatic rings. The third-order valence-corrected chi connectivity index (χ3v) is 6.88. The minimum atomic E-state index is -0.916. The van der Waals surface area contributed by atoms with Gasteiger partial charge in [-0.2, -0.15) is 10.1 Å². The van der Waals surface area contributed by atoms with E-state index in [1.165, 1.54) is 38.7 Å². The Hall–Kier alpha value is -4.48. The Kier molecular flexibility index (Phi) is 6.94. The second-order valence-corrected chi connectivity index (χ2v) is 9.47. The number of halogens is 3. The molecule has 2 unspecified atom stereocenters. The van der Waals surface area contributed by atoms with Gasteiger partial charge in [-0.1, -0.05) is 6.92 Å². The van der Waals surface area contributed by atoms with Crippen molar-refractivity contribution in [1.82, 2.24) is 29.2 Å². The molecule has 1 N–H and O–H groups in total. The zero-order chi connectivity index (χ0) is 27.8. The fraction of sp³-hybridized carbons (Fsp3) is 0.296. The normalized spacial score (nSPS) is 16.0. The summed E-state index contributed by atoms with van der Waals surface area (Å²) >= 11 is 0. The number of aromatic nitrogens is 5. The van der Waals surface area contributed by atoms with Crippen LogP contribution >= 0.6 is 0 Å². The van der Waals surface area contributed by atoms with Gasteiger partial charge in [-0.05, 0) is 42.7 Å². The number of nitrogens with zero attached hydrogens (tertiary/aromatic N) is 6. The predicted octanol–water partition coefficient (Wildman–Crippen LogP) is 3.79. The molecule has 0 spiro atoms. The zero-order valence-corrected chi connectivity index (χ0v) is 21.2. The van der Waals surface area contributed by atoms with Crippen molar-refractivity contribution in [2.24, 2.45) is 7.05 Å². The molecule has 5 rings (SSSR count). The molecule has 202 valence electrons. The molecule has 1 aromatic carbocycles. The predicted molar refractivity (Wildman–Crippen MR) is 135 cm³/mol. The maximum absolute atomic E-state index is 14.2. The summed E-state index contributed by atoms with van der Waals surface area (Å²) in [6, 6.07) is 4.57. The first-order valence-electron chi connectivity index (χ1n) is 12.4. The number of benzene rings is 1. The first-order valence-corrected chi connectivity index (χ1v) is 12.4. The van der Waals surface area contributed by atoms with E-state index in [1.54, 1.807) is 20.2 Å². The minimum absolute atomic E-state index is 0.0121. The number of carbonyl (C=O) groups is 1. The van der Waals surface area contributed by atoms with Crippen LogP contribution in [0.15, 0.2) is 53.7 Å². The summed E-state index contributed by atoms with van der Waals surface area (Å²) in [5, 5.41) is 14.9. The molecule has 4 heterocycles. The summed E-state index contributed by atoms with van der Waals surface area (Å²) in [4.78, 5) is 37.3. The van der Waals surface area contributed by atoms with Crippen LogP contribution in [0, 0.1) is 17.5 Å². The molecule has 1 amide bonds. The molecule has 39 heavy (non-hydrogen) atoms. The van der Waals surface area contributed by atoms with E-state index in [4.69, 9.17) is 0 Å². The lowest BCUT2D eigenvalue weighted by Gasteiger charge is -2.24. The van der Waals surface area contributed by atoms with E-state index in [0.29, 0.717) is 17.7 Å². The molecule has 1 aliphatic heterocycles. The van der Waals surface area contributed by atoms with Crippen LogP contribution in [-0.4, -0.2) is 53.3 Å². The van der Waals surface area contributed by atoms with Gasteiger partial charge in [0.25, 0.3) is 11.5 Å². The van der Waals surface area contributed by atoms with Gasteiger partial charge in [-0.15, -0.1) is 0 Å². The Balaban J connectivity index is 1.61. The number of amides is 1. The van der Waals surface area contributed by atoms with Crippen molar-refractivity contribution in [2.75, 3.05) is 13.1 Å². The largest absolute Gasteiger partial charge is 0.493 e. The molecule has 1 fully saturated rings. The molecule has 0 bridgehead atoms. The van der Waals surface area contributed by atoms with Gasteiger partial charge in [0.05, 0.1) is 17.8 Å². The van der Waals surface area contributed by atoms with Gasteiger partial charge in [0, 0.05) is 50.2 Å². The van der Waals surface area contributed by atoms with Crippen molar-refractivity contribution in [1.29, 1.82) is 0 Å². The topological polar surface area (TPSA) is 106 Å². The van der Waals surface area contributed by atoms with Crippen LogP contribution in [-0.2, 0) is 7.05 Å². The first kappa shape index (κ1) is 26.1. The van der Waals surface area contributed by atoms with E-state index in [0.717, 1.165) is 18.2 Å². The van der Waals surface area contributed by atoms with Crippen LogP contribution in [0.25, 0.3) is 11.4 Å². The van der Waals surface area contributed by atoms with E-state index in [-0.39, 0.29) is 36.8 Å². The fourth-order valence-electron chi connectivity index (χ4n) is 5.06. The lowest BCUT2D eigenvalue weighted by Crippen LogP contribution is -2.38. The van der Waals surface area contributed by atoms with Crippen molar-refractivity contribution in [3.63, 3.8) is 0 Å². The highest BCUT2D eigenvalue weighted by molar-refractivity contribution is 5.96. The third kappa shape index (κ3) is 5.01. The van der Waals surface area contributed by atoms with Crippen LogP contribution < -0.4 is 5.56 Å². The summed E-state index contributed by atoms with van der Waals surface area (Å²) < 4.78 is 44.7. The molecule has 3 aromatic heterocycles. The standard InChI is InChI=1S/C27H25F3N6O3/c1-3-22(16-8-19(29)10-20(30)9-16)36-24(17-12-32-34(2)13-17)33-25(37)23(27(36)39)26(38)35-7-5-15(14-35)21-11-18(28)4-6-31-21/h4,6,8-13,15,22,37H,3,5,7,14H2,1-2H3. The Morgan fingerprint density at radius 3 is 2.54 bits per heavy atom. The quantitative estimate of drug-likeness (QED) is 0.401. The summed E-state index contributed by atoms with van der Waals surface area (Å²) in [7, 11) is 1.65. The van der Waals surface area contributed by atoms with Crippen LogP contribution in [0.3, 0.4) is 0 Å². The van der Waals surface area contributed by atoms with Gasteiger partial charge in [0.15, 0.2) is 11.4 Å². The van der Waals surface area contributed by atoms with Crippen LogP contribution in [0.1, 0.15) is 53.3 Å². The average molecular weight is 539 g/mol. The smallest absolute Gasteiger partial charge is 0.271 e. The number of rotatable bonds is 6. The lowest BCUT2D eigenvalue weighted by atomic mass is 10.0. The van der Waals surface area contributed by atoms with Crippen LogP contribution in [0.4, 0.5) is 13.2 Å². The van der Waals surface area contributed by atoms with Crippen LogP contribution in [0.2, 0.25) is 0 Å². The molecule has 2 atom stereocenters. The van der Waals surface area contributed by atoms with Crippen LogP contribution in [0.5, 0.6) is 5.88 Å². The van der Waals surface area contributed by atoms with Gasteiger partial charge in [0.2, 0.25) is 5.88 Å². The van der Waals surface area contributed by atoms with Crippen molar-refractivity contribution in [3.05, 3.63) is 93.5 Å². The highest BCUT2D eigenvalue weighted by atomic mass is 19.1. The summed E-state index contributed by atoms with van der Waals surface area (Å²) in [5.74, 6) is -3.88. The fourth-order valence-corrected chi connectivity index (χ4v) is 5.06. The van der Waals surface area contributed by atoms with Gasteiger partial charge in [-0.3, -0.25) is 23.8 Å². The van der Waals surface area contributed by atoms with Gasteiger partial charge in [0.1, 0.15) is 17.5 Å². The SMILES string of the molecule is CCC(c1cc(F)cc(F)c1)n1c(-c2cnn(C)c2)nc(O)c(C(=O)N2CCC(c3cc(F)ccn3)C2)c1=O. The summed E-state index contributed by atoms with van der Waals surface area (Å²) in [5.41, 5.74) is -0.429. The first-order chi connectivity index (χ1) is 18.7. The highest BCUT2D eigenvalue weighted by Crippen LogP contribution is 2.31. The number of likely N-dealkylation sites (tertiary alicyclic amines) is 1. The number of carbonyl (C=O) groups excluding carboxylic acids is 1. The number of pyridine rings is 1. The van der Waals surface area contributed by atoms with E-state index in [9.17, 15) is 27.9 Å². The van der Waals surface area contributed by atoms with E-state index >= 15 is 0 Å². The molecule has 9 nitrogen and oxygen atoms in total. The number of hydrogen-bond acceptors (Lipinski definition) is 6. The average Bonchev–Trinajstić information content (AvgIpc) is 3.55. The lowest BCUT2D eigenvalue weighted by molar-refractivity contribution is 0.0784. The summed E-state index contributed by atoms with van der Waals surface area (Å²) in [6.07, 6.45) is 5.04. The molecular weight excluding hydrogens is 513 g/mol. The van der Waals surface area contributed by atoms with Gasteiger partial charge < -0.3 is 10.0 Å². The second kappa shape index (κ2) is 10.4. The Labute approximate surface area is 221 Å². The number of aromatic hydroxyl groups is 1. The van der Waals surface area contributed by atoms with Crippen molar-refractivity contribution >= 4 is 5.91 Å². The maximum Gasteiger partial charge on any atom is 0.271 e. The van der Waals surface area contributed by atoms with Gasteiger partial charge in [-0.25, -0.2) is 13.2 Å². The van der Waals surface area contributed by atoms with E-state index in [2.05, 4.69) is 15.1 Å². The highest BCUT2D eigenvalue weighted by Gasteiger charge is 2.34. The number of hydrogen-bond donors (Lipinski definition) is 1. The molecule has 0 aliphatic carbocycles. The molecule has 12 heteroatoms. The van der Waals surface area contributed by atoms with Crippen molar-refractivity contribution < 1.29 is 23.1 Å².